The van der Waals surface area contributed by atoms with Crippen LogP contribution in [-0.4, -0.2) is 116 Å². The average Bonchev–Trinajstić information content (AvgIpc) is 3.85. The molecule has 3 aliphatic heterocycles. The van der Waals surface area contributed by atoms with Gasteiger partial charge in [-0.1, -0.05) is 60.9 Å². The molecule has 6 atom stereocenters. The lowest BCUT2D eigenvalue weighted by Crippen LogP contribution is -2.60. The third kappa shape index (κ3) is 9.08. The zero-order valence-corrected chi connectivity index (χ0v) is 31.3. The second-order valence-corrected chi connectivity index (χ2v) is 15.1. The number of nitrogens with zero attached hydrogens (tertiary/aromatic N) is 5. The van der Waals surface area contributed by atoms with E-state index in [4.69, 9.17) is 20.9 Å². The van der Waals surface area contributed by atoms with E-state index in [0.717, 1.165) is 5.56 Å². The minimum atomic E-state index is -1.14. The number of aliphatic hydroxyl groups is 1. The van der Waals surface area contributed by atoms with Gasteiger partial charge >= 0.3 is 0 Å². The van der Waals surface area contributed by atoms with Crippen molar-refractivity contribution < 1.29 is 33.5 Å². The Balaban J connectivity index is 1.37. The Bertz CT molecular complexity index is 1780. The van der Waals surface area contributed by atoms with E-state index < -0.39 is 54.1 Å². The average molecular weight is 753 g/mol. The molecule has 3 saturated heterocycles. The second kappa shape index (κ2) is 16.8. The van der Waals surface area contributed by atoms with Gasteiger partial charge < -0.3 is 35.2 Å². The molecule has 0 radical (unpaired) electrons. The zero-order chi connectivity index (χ0) is 37.8. The lowest BCUT2D eigenvalue weighted by molar-refractivity contribution is -0.142. The van der Waals surface area contributed by atoms with Crippen LogP contribution in [-0.2, 0) is 43.9 Å². The van der Waals surface area contributed by atoms with Crippen molar-refractivity contribution in [1.82, 2.24) is 40.7 Å². The molecule has 3 aromatic rings. The number of ether oxygens (including phenoxy) is 1. The lowest BCUT2D eigenvalue weighted by atomic mass is 9.97. The molecule has 0 saturated carbocycles. The van der Waals surface area contributed by atoms with Gasteiger partial charge in [0.1, 0.15) is 46.5 Å². The maximum absolute atomic E-state index is 14.4. The van der Waals surface area contributed by atoms with Gasteiger partial charge in [-0.25, -0.2) is 0 Å². The van der Waals surface area contributed by atoms with E-state index in [1.807, 2.05) is 44.2 Å². The summed E-state index contributed by atoms with van der Waals surface area (Å²) in [6, 6.07) is 7.76. The second-order valence-electron chi connectivity index (χ2n) is 14.7. The van der Waals surface area contributed by atoms with E-state index in [0.29, 0.717) is 60.1 Å². The number of aliphatic hydroxyl groups excluding tert-OH is 1. The predicted molar refractivity (Wildman–Crippen MR) is 194 cm³/mol. The van der Waals surface area contributed by atoms with Crippen LogP contribution in [0.3, 0.4) is 0 Å². The van der Waals surface area contributed by atoms with Gasteiger partial charge in [0, 0.05) is 51.3 Å². The molecule has 15 nitrogen and oxygen atoms in total. The Hall–Kier alpha value is -4.31. The van der Waals surface area contributed by atoms with Crippen molar-refractivity contribution >= 4 is 35.2 Å². The molecule has 6 rings (SSSR count). The summed E-state index contributed by atoms with van der Waals surface area (Å²) >= 11 is 6.79. The SMILES string of the molecule is Cc1cc(-c2nn(C)c(Cl)c2CN2CC(=O)N[C@@H](Cc3ccccc3)C(=O)N3CCC[C@@H]3C(=O)N[C@H](CC(C)C)C(=O)N[C@H]3CCO[C@H](C2)[C@H]3O)no1. The topological polar surface area (TPSA) is 184 Å². The molecule has 4 N–H and O–H groups in total. The third-order valence-corrected chi connectivity index (χ3v) is 10.6. The minimum absolute atomic E-state index is 0.0678. The van der Waals surface area contributed by atoms with Gasteiger partial charge in [0.25, 0.3) is 0 Å². The first-order chi connectivity index (χ1) is 25.4. The Morgan fingerprint density at radius 2 is 1.81 bits per heavy atom. The number of nitrogens with one attached hydrogen (secondary N) is 3. The summed E-state index contributed by atoms with van der Waals surface area (Å²) < 4.78 is 12.9. The predicted octanol–water partition coefficient (Wildman–Crippen LogP) is 1.74. The molecular formula is C37H49ClN8O7. The van der Waals surface area contributed by atoms with Crippen molar-refractivity contribution in [2.75, 3.05) is 26.2 Å². The molecule has 16 heteroatoms. The molecular weight excluding hydrogens is 704 g/mol. The number of carbonyl (C=O) groups is 4. The van der Waals surface area contributed by atoms with Crippen LogP contribution in [0.4, 0.5) is 0 Å². The van der Waals surface area contributed by atoms with Crippen LogP contribution in [0.5, 0.6) is 0 Å². The number of aryl methyl sites for hydroxylation is 2. The number of carbonyl (C=O) groups excluding carboxylic acids is 4. The lowest BCUT2D eigenvalue weighted by Gasteiger charge is -2.38. The van der Waals surface area contributed by atoms with Crippen molar-refractivity contribution in [3.05, 3.63) is 58.4 Å². The summed E-state index contributed by atoms with van der Waals surface area (Å²) in [5.74, 6) is -1.01. The first kappa shape index (κ1) is 38.4. The fraction of sp³-hybridized carbons (Fsp3) is 0.568. The maximum atomic E-state index is 14.4. The van der Waals surface area contributed by atoms with Gasteiger partial charge in [0.05, 0.1) is 18.7 Å². The Kier molecular flexibility index (Phi) is 12.2. The van der Waals surface area contributed by atoms with Gasteiger partial charge in [-0.05, 0) is 44.1 Å². The van der Waals surface area contributed by atoms with Gasteiger partial charge in [0.15, 0.2) is 0 Å². The van der Waals surface area contributed by atoms with E-state index in [1.54, 1.807) is 24.9 Å². The fourth-order valence-corrected chi connectivity index (χ4v) is 7.66. The number of fused-ring (bicyclic) bond motifs is 3. The van der Waals surface area contributed by atoms with Crippen LogP contribution in [0.2, 0.25) is 5.15 Å². The minimum Gasteiger partial charge on any atom is -0.388 e. The standard InChI is InChI=1S/C37H49ClN8O7/c1-21(2)15-27-35(49)40-25-12-14-52-30(33(25)48)19-45(18-24-32(42-44(4)34(24)38)26-16-22(3)53-43-26)20-31(47)39-28(17-23-9-6-5-7-10-23)37(51)46-13-8-11-29(46)36(50)41-27/h5-7,9-10,16,21,25,27-30,33,48H,8,11-15,17-20H2,1-4H3,(H,39,47)(H,40,49)(H,41,50)/t25-,27+,28-,29+,30+,33-/m0/s1. The van der Waals surface area contributed by atoms with Crippen molar-refractivity contribution in [3.63, 3.8) is 0 Å². The number of amides is 4. The van der Waals surface area contributed by atoms with E-state index in [1.165, 1.54) is 9.58 Å². The van der Waals surface area contributed by atoms with E-state index >= 15 is 0 Å². The van der Waals surface area contributed by atoms with Crippen LogP contribution in [0, 0.1) is 12.8 Å². The summed E-state index contributed by atoms with van der Waals surface area (Å²) in [6.07, 6.45) is -0.0132. The van der Waals surface area contributed by atoms with E-state index in [2.05, 4.69) is 26.2 Å². The van der Waals surface area contributed by atoms with Crippen LogP contribution >= 0.6 is 11.6 Å². The molecule has 286 valence electrons. The van der Waals surface area contributed by atoms with E-state index in [9.17, 15) is 24.3 Å². The van der Waals surface area contributed by atoms with Crippen LogP contribution in [0.1, 0.15) is 56.4 Å². The Labute approximate surface area is 313 Å². The summed E-state index contributed by atoms with van der Waals surface area (Å²) in [5.41, 5.74) is 2.36. The summed E-state index contributed by atoms with van der Waals surface area (Å²) in [7, 11) is 1.70. The monoisotopic (exact) mass is 752 g/mol. The number of benzene rings is 1. The molecule has 3 aliphatic rings. The van der Waals surface area contributed by atoms with Gasteiger partial charge in [-0.2, -0.15) is 5.10 Å². The molecule has 2 aromatic heterocycles. The van der Waals surface area contributed by atoms with Crippen LogP contribution in [0.25, 0.3) is 11.4 Å². The zero-order valence-electron chi connectivity index (χ0n) is 30.6. The highest BCUT2D eigenvalue weighted by molar-refractivity contribution is 6.30. The summed E-state index contributed by atoms with van der Waals surface area (Å²) in [5, 5.41) is 29.5. The fourth-order valence-electron chi connectivity index (χ4n) is 7.48. The maximum Gasteiger partial charge on any atom is 0.246 e. The smallest absolute Gasteiger partial charge is 0.246 e. The first-order valence-corrected chi connectivity index (χ1v) is 18.7. The molecule has 2 bridgehead atoms. The molecule has 0 unspecified atom stereocenters. The van der Waals surface area contributed by atoms with Gasteiger partial charge in [0.2, 0.25) is 23.6 Å². The highest BCUT2D eigenvalue weighted by Gasteiger charge is 2.41. The highest BCUT2D eigenvalue weighted by Crippen LogP contribution is 2.30. The van der Waals surface area contributed by atoms with Crippen LogP contribution < -0.4 is 16.0 Å². The molecule has 0 aliphatic carbocycles. The number of hydrogen-bond donors (Lipinski definition) is 4. The molecule has 0 spiro atoms. The van der Waals surface area contributed by atoms with Crippen molar-refractivity contribution in [1.29, 1.82) is 0 Å². The largest absolute Gasteiger partial charge is 0.388 e. The molecule has 5 heterocycles. The molecule has 53 heavy (non-hydrogen) atoms. The first-order valence-electron chi connectivity index (χ1n) is 18.3. The summed E-state index contributed by atoms with van der Waals surface area (Å²) in [4.78, 5) is 59.4. The molecule has 4 amide bonds. The van der Waals surface area contributed by atoms with Crippen molar-refractivity contribution in [2.45, 2.75) is 95.8 Å². The van der Waals surface area contributed by atoms with Gasteiger partial charge in [-0.15, -0.1) is 0 Å². The van der Waals surface area contributed by atoms with Crippen LogP contribution in [0.15, 0.2) is 40.9 Å². The Morgan fingerprint density at radius 1 is 1.04 bits per heavy atom. The highest BCUT2D eigenvalue weighted by atomic mass is 35.5. The normalized spacial score (nSPS) is 26.6. The quantitative estimate of drug-likeness (QED) is 0.277. The Morgan fingerprint density at radius 3 is 2.53 bits per heavy atom. The van der Waals surface area contributed by atoms with Gasteiger partial charge in [-0.3, -0.25) is 28.8 Å². The van der Waals surface area contributed by atoms with Crippen molar-refractivity contribution in [2.24, 2.45) is 13.0 Å². The van der Waals surface area contributed by atoms with E-state index in [-0.39, 0.29) is 44.5 Å². The number of aromatic nitrogens is 3. The number of rotatable bonds is 7. The number of hydrogen-bond acceptors (Lipinski definition) is 10. The summed E-state index contributed by atoms with van der Waals surface area (Å²) in [6.45, 7) is 6.24. The van der Waals surface area contributed by atoms with Crippen molar-refractivity contribution in [3.8, 4) is 11.4 Å². The molecule has 3 fully saturated rings. The molecule has 1 aromatic carbocycles. The number of halogens is 1. The third-order valence-electron chi connectivity index (χ3n) is 10.1.